The summed E-state index contributed by atoms with van der Waals surface area (Å²) in [5.74, 6) is 1.62. The number of carbonyl (C=O) groups excluding carboxylic acids is 1. The molecule has 2 fully saturated rings. The van der Waals surface area contributed by atoms with Crippen molar-refractivity contribution >= 4 is 17.6 Å². The number of carbonyl (C=O) groups is 1. The molecule has 1 amide bonds. The zero-order chi connectivity index (χ0) is 20.3. The van der Waals surface area contributed by atoms with Crippen LogP contribution in [0.15, 0.2) is 29.3 Å². The molecule has 3 aliphatic rings. The van der Waals surface area contributed by atoms with Crippen molar-refractivity contribution in [1.29, 1.82) is 0 Å². The van der Waals surface area contributed by atoms with Gasteiger partial charge in [-0.1, -0.05) is 18.6 Å². The largest absolute Gasteiger partial charge is 0.482 e. The van der Waals surface area contributed by atoms with Gasteiger partial charge in [0.2, 0.25) is 0 Å². The number of ether oxygens (including phenoxy) is 2. The number of fused-ring (bicyclic) bond motifs is 1. The van der Waals surface area contributed by atoms with E-state index in [0.717, 1.165) is 43.4 Å². The third-order valence-electron chi connectivity index (χ3n) is 6.63. The van der Waals surface area contributed by atoms with Gasteiger partial charge in [0.15, 0.2) is 12.6 Å². The topological polar surface area (TPSA) is 75.2 Å². The fourth-order valence-electron chi connectivity index (χ4n) is 4.84. The molecule has 1 aromatic carbocycles. The van der Waals surface area contributed by atoms with Gasteiger partial charge in [0, 0.05) is 38.2 Å². The van der Waals surface area contributed by atoms with E-state index in [1.807, 2.05) is 36.2 Å². The minimum Gasteiger partial charge on any atom is -0.482 e. The van der Waals surface area contributed by atoms with Crippen molar-refractivity contribution in [2.75, 3.05) is 38.3 Å². The molecule has 1 aliphatic heterocycles. The number of guanidine groups is 1. The van der Waals surface area contributed by atoms with Gasteiger partial charge < -0.3 is 25.0 Å². The fraction of sp³-hybridized carbons (Fsp3) is 0.636. The SMILES string of the molecule is CCOC1CC(NC(=NC)NCCCN2C(=O)COc3ccccc32)C12CCC2. The number of nitrogens with one attached hydrogen (secondary N) is 2. The Morgan fingerprint density at radius 1 is 1.38 bits per heavy atom. The molecule has 7 heteroatoms. The van der Waals surface area contributed by atoms with E-state index in [1.54, 1.807) is 0 Å². The highest BCUT2D eigenvalue weighted by atomic mass is 16.5. The molecule has 2 unspecified atom stereocenters. The summed E-state index contributed by atoms with van der Waals surface area (Å²) in [5.41, 5.74) is 1.16. The maximum absolute atomic E-state index is 12.3. The summed E-state index contributed by atoms with van der Waals surface area (Å²) < 4.78 is 11.4. The quantitative estimate of drug-likeness (QED) is 0.417. The Bertz CT molecular complexity index is 762. The van der Waals surface area contributed by atoms with Crippen LogP contribution >= 0.6 is 0 Å². The Morgan fingerprint density at radius 2 is 2.21 bits per heavy atom. The van der Waals surface area contributed by atoms with Crippen LogP contribution in [-0.4, -0.2) is 57.4 Å². The van der Waals surface area contributed by atoms with E-state index in [4.69, 9.17) is 9.47 Å². The summed E-state index contributed by atoms with van der Waals surface area (Å²) in [6.45, 7) is 4.38. The predicted molar refractivity (Wildman–Crippen MR) is 114 cm³/mol. The molecule has 158 valence electrons. The van der Waals surface area contributed by atoms with Crippen molar-refractivity contribution in [3.63, 3.8) is 0 Å². The number of amides is 1. The predicted octanol–water partition coefficient (Wildman–Crippen LogP) is 2.31. The Morgan fingerprint density at radius 3 is 2.93 bits per heavy atom. The standard InChI is InChI=1S/C22H32N4O3/c1-3-28-19-14-18(22(19)10-6-11-22)25-21(23-2)24-12-7-13-26-16-8-4-5-9-17(16)29-15-20(26)27/h4-5,8-9,18-19H,3,6-7,10-15H2,1-2H3,(H2,23,24,25). The van der Waals surface area contributed by atoms with E-state index in [0.29, 0.717) is 24.1 Å². The molecule has 2 N–H and O–H groups in total. The van der Waals surface area contributed by atoms with Crippen LogP contribution in [0.5, 0.6) is 5.75 Å². The molecule has 0 radical (unpaired) electrons. The van der Waals surface area contributed by atoms with Gasteiger partial charge in [0.05, 0.1) is 11.8 Å². The van der Waals surface area contributed by atoms with Crippen molar-refractivity contribution in [1.82, 2.24) is 10.6 Å². The maximum Gasteiger partial charge on any atom is 0.265 e. The first-order chi connectivity index (χ1) is 14.2. The summed E-state index contributed by atoms with van der Waals surface area (Å²) in [5, 5.41) is 7.01. The van der Waals surface area contributed by atoms with E-state index in [-0.39, 0.29) is 12.5 Å². The average molecular weight is 401 g/mol. The van der Waals surface area contributed by atoms with E-state index < -0.39 is 0 Å². The summed E-state index contributed by atoms with van der Waals surface area (Å²) in [7, 11) is 1.81. The van der Waals surface area contributed by atoms with Gasteiger partial charge in [-0.05, 0) is 44.7 Å². The van der Waals surface area contributed by atoms with Crippen LogP contribution in [0.2, 0.25) is 0 Å². The number of hydrogen-bond donors (Lipinski definition) is 2. The lowest BCUT2D eigenvalue weighted by Crippen LogP contribution is -2.68. The second-order valence-corrected chi connectivity index (χ2v) is 8.12. The zero-order valence-corrected chi connectivity index (χ0v) is 17.4. The molecule has 0 bridgehead atoms. The number of para-hydroxylation sites is 2. The molecule has 0 aromatic heterocycles. The van der Waals surface area contributed by atoms with Crippen molar-refractivity contribution < 1.29 is 14.3 Å². The van der Waals surface area contributed by atoms with Gasteiger partial charge >= 0.3 is 0 Å². The Kier molecular flexibility index (Phi) is 5.94. The van der Waals surface area contributed by atoms with Crippen LogP contribution in [0.25, 0.3) is 0 Å². The average Bonchev–Trinajstić information content (AvgIpc) is 2.68. The molecule has 1 aromatic rings. The van der Waals surface area contributed by atoms with Crippen LogP contribution < -0.4 is 20.3 Å². The highest BCUT2D eigenvalue weighted by Crippen LogP contribution is 2.57. The number of nitrogens with zero attached hydrogens (tertiary/aromatic N) is 2. The van der Waals surface area contributed by atoms with Gasteiger partial charge in [-0.15, -0.1) is 0 Å². The van der Waals surface area contributed by atoms with Gasteiger partial charge in [-0.25, -0.2) is 0 Å². The highest BCUT2D eigenvalue weighted by Gasteiger charge is 2.59. The summed E-state index contributed by atoms with van der Waals surface area (Å²) in [4.78, 5) is 18.5. The van der Waals surface area contributed by atoms with Gasteiger partial charge in [-0.2, -0.15) is 0 Å². The number of hydrogen-bond acceptors (Lipinski definition) is 4. The molecule has 29 heavy (non-hydrogen) atoms. The van der Waals surface area contributed by atoms with Crippen molar-refractivity contribution in [2.24, 2.45) is 10.4 Å². The summed E-state index contributed by atoms with van der Waals surface area (Å²) in [6.07, 6.45) is 6.05. The lowest BCUT2D eigenvalue weighted by Gasteiger charge is -2.61. The monoisotopic (exact) mass is 400 g/mol. The Balaban J connectivity index is 1.25. The highest BCUT2D eigenvalue weighted by molar-refractivity contribution is 5.97. The molecule has 2 atom stereocenters. The Labute approximate surface area is 172 Å². The molecule has 1 spiro atoms. The third-order valence-corrected chi connectivity index (χ3v) is 6.63. The number of aliphatic imine (C=N–C) groups is 1. The molecule has 7 nitrogen and oxygen atoms in total. The number of rotatable bonds is 7. The number of benzene rings is 1. The lowest BCUT2D eigenvalue weighted by molar-refractivity contribution is -0.168. The van der Waals surface area contributed by atoms with E-state index >= 15 is 0 Å². The lowest BCUT2D eigenvalue weighted by atomic mass is 9.51. The first kappa shape index (κ1) is 20.0. The zero-order valence-electron chi connectivity index (χ0n) is 17.4. The smallest absolute Gasteiger partial charge is 0.265 e. The van der Waals surface area contributed by atoms with Gasteiger partial charge in [-0.3, -0.25) is 9.79 Å². The van der Waals surface area contributed by atoms with Crippen LogP contribution in [-0.2, 0) is 9.53 Å². The molecule has 2 aliphatic carbocycles. The molecule has 0 saturated heterocycles. The number of anilines is 1. The Hall–Kier alpha value is -2.28. The van der Waals surface area contributed by atoms with E-state index in [2.05, 4.69) is 22.5 Å². The normalized spacial score (nSPS) is 25.0. The van der Waals surface area contributed by atoms with Crippen LogP contribution in [0, 0.1) is 5.41 Å². The molecule has 4 rings (SSSR count). The minimum absolute atomic E-state index is 0.00886. The van der Waals surface area contributed by atoms with Crippen molar-refractivity contribution in [3.05, 3.63) is 24.3 Å². The van der Waals surface area contributed by atoms with Crippen LogP contribution in [0.3, 0.4) is 0 Å². The van der Waals surface area contributed by atoms with Crippen LogP contribution in [0.1, 0.15) is 39.0 Å². The summed E-state index contributed by atoms with van der Waals surface area (Å²) >= 11 is 0. The minimum atomic E-state index is 0.00886. The molecule has 1 heterocycles. The molecule has 2 saturated carbocycles. The second kappa shape index (κ2) is 8.61. The van der Waals surface area contributed by atoms with Gasteiger partial charge in [0.1, 0.15) is 5.75 Å². The van der Waals surface area contributed by atoms with Crippen LogP contribution in [0.4, 0.5) is 5.69 Å². The first-order valence-electron chi connectivity index (χ1n) is 10.8. The third kappa shape index (κ3) is 3.80. The van der Waals surface area contributed by atoms with Crippen molar-refractivity contribution in [3.8, 4) is 5.75 Å². The van der Waals surface area contributed by atoms with Gasteiger partial charge in [0.25, 0.3) is 5.91 Å². The fourth-order valence-corrected chi connectivity index (χ4v) is 4.84. The molecular formula is C22H32N4O3. The molecular weight excluding hydrogens is 368 g/mol. The van der Waals surface area contributed by atoms with Crippen molar-refractivity contribution in [2.45, 2.75) is 51.2 Å². The maximum atomic E-state index is 12.3. The first-order valence-corrected chi connectivity index (χ1v) is 10.8. The van der Waals surface area contributed by atoms with E-state index in [1.165, 1.54) is 19.3 Å². The summed E-state index contributed by atoms with van der Waals surface area (Å²) in [6, 6.07) is 8.14. The second-order valence-electron chi connectivity index (χ2n) is 8.12. The van der Waals surface area contributed by atoms with E-state index in [9.17, 15) is 4.79 Å².